The quantitative estimate of drug-likeness (QED) is 0.761. The zero-order valence-electron chi connectivity index (χ0n) is 8.14. The minimum absolute atomic E-state index is 0.272. The van der Waals surface area contributed by atoms with E-state index >= 15 is 0 Å². The molecular formula is C9H9BrCl2F2N2. The van der Waals surface area contributed by atoms with Gasteiger partial charge in [-0.15, -0.1) is 0 Å². The van der Waals surface area contributed by atoms with Crippen LogP contribution in [0, 0.1) is 0 Å². The van der Waals surface area contributed by atoms with Crippen LogP contribution in [0.4, 0.5) is 14.6 Å². The standard InChI is InChI=1S/C9H9BrCl2F2N2/c10-1-2-16(5-8(13)14)9-7(12)3-6(11)4-15-9/h3-4,8H,1-2,5H2. The van der Waals surface area contributed by atoms with Gasteiger partial charge in [-0.2, -0.15) is 0 Å². The van der Waals surface area contributed by atoms with Crippen LogP contribution < -0.4 is 4.90 Å². The maximum absolute atomic E-state index is 12.4. The summed E-state index contributed by atoms with van der Waals surface area (Å²) in [5.74, 6) is 0.325. The number of aromatic nitrogens is 1. The van der Waals surface area contributed by atoms with Crippen LogP contribution in [0.3, 0.4) is 0 Å². The second-order valence-electron chi connectivity index (χ2n) is 2.99. The first-order valence-electron chi connectivity index (χ1n) is 4.44. The Bertz CT molecular complexity index is 352. The summed E-state index contributed by atoms with van der Waals surface area (Å²) in [6.07, 6.45) is -1.05. The SMILES string of the molecule is FC(F)CN(CCBr)c1ncc(Cl)cc1Cl. The Morgan fingerprint density at radius 3 is 2.62 bits per heavy atom. The van der Waals surface area contributed by atoms with Crippen LogP contribution >= 0.6 is 39.1 Å². The Morgan fingerprint density at radius 2 is 2.12 bits per heavy atom. The fraction of sp³-hybridized carbons (Fsp3) is 0.444. The molecule has 0 unspecified atom stereocenters. The van der Waals surface area contributed by atoms with Crippen LogP contribution in [0.2, 0.25) is 10.0 Å². The summed E-state index contributed by atoms with van der Waals surface area (Å²) in [5, 5.41) is 1.21. The summed E-state index contributed by atoms with van der Waals surface area (Å²) in [6, 6.07) is 1.48. The third kappa shape index (κ3) is 4.03. The molecule has 1 aromatic rings. The zero-order chi connectivity index (χ0) is 12.1. The molecule has 0 aliphatic rings. The van der Waals surface area contributed by atoms with Crippen LogP contribution in [0.25, 0.3) is 0 Å². The van der Waals surface area contributed by atoms with Crippen LogP contribution in [0.15, 0.2) is 12.3 Å². The lowest BCUT2D eigenvalue weighted by Gasteiger charge is -2.23. The Hall–Kier alpha value is -0.130. The van der Waals surface area contributed by atoms with Crippen molar-refractivity contribution >= 4 is 44.9 Å². The average molecular weight is 334 g/mol. The van der Waals surface area contributed by atoms with Crippen LogP contribution in [-0.2, 0) is 0 Å². The van der Waals surface area contributed by atoms with E-state index in [0.717, 1.165) is 0 Å². The molecule has 7 heteroatoms. The molecular weight excluding hydrogens is 325 g/mol. The number of rotatable bonds is 5. The molecule has 0 spiro atoms. The van der Waals surface area contributed by atoms with E-state index in [-0.39, 0.29) is 5.02 Å². The van der Waals surface area contributed by atoms with Crippen molar-refractivity contribution in [1.82, 2.24) is 4.98 Å². The van der Waals surface area contributed by atoms with Crippen molar-refractivity contribution in [2.24, 2.45) is 0 Å². The molecule has 1 aromatic heterocycles. The van der Waals surface area contributed by atoms with Crippen LogP contribution in [0.5, 0.6) is 0 Å². The van der Waals surface area contributed by atoms with Crippen LogP contribution in [-0.4, -0.2) is 29.8 Å². The maximum Gasteiger partial charge on any atom is 0.255 e. The van der Waals surface area contributed by atoms with E-state index in [2.05, 4.69) is 20.9 Å². The second kappa shape index (κ2) is 6.57. The van der Waals surface area contributed by atoms with E-state index in [0.29, 0.717) is 22.7 Å². The van der Waals surface area contributed by atoms with Crippen molar-refractivity contribution in [3.63, 3.8) is 0 Å². The number of halogens is 5. The first-order valence-corrected chi connectivity index (χ1v) is 6.32. The van der Waals surface area contributed by atoms with Gasteiger partial charge in [-0.3, -0.25) is 0 Å². The Balaban J connectivity index is 2.91. The molecule has 0 amide bonds. The van der Waals surface area contributed by atoms with Crippen molar-refractivity contribution < 1.29 is 8.78 Å². The second-order valence-corrected chi connectivity index (χ2v) is 4.62. The molecule has 0 aliphatic heterocycles. The largest absolute Gasteiger partial charge is 0.349 e. The topological polar surface area (TPSA) is 16.1 Å². The Morgan fingerprint density at radius 1 is 1.44 bits per heavy atom. The van der Waals surface area contributed by atoms with Gasteiger partial charge < -0.3 is 4.90 Å². The van der Waals surface area contributed by atoms with Crippen LogP contribution in [0.1, 0.15) is 0 Å². The van der Waals surface area contributed by atoms with Crippen molar-refractivity contribution in [2.45, 2.75) is 6.43 Å². The molecule has 0 saturated carbocycles. The molecule has 0 bridgehead atoms. The first kappa shape index (κ1) is 13.9. The molecule has 0 saturated heterocycles. The van der Waals surface area contributed by atoms with Gasteiger partial charge in [0.25, 0.3) is 6.43 Å². The third-order valence-corrected chi connectivity index (χ3v) is 2.64. The van der Waals surface area contributed by atoms with E-state index in [1.165, 1.54) is 17.2 Å². The summed E-state index contributed by atoms with van der Waals surface area (Å²) < 4.78 is 24.7. The minimum Gasteiger partial charge on any atom is -0.349 e. The Labute approximate surface area is 111 Å². The molecule has 0 radical (unpaired) electrons. The average Bonchev–Trinajstić information content (AvgIpc) is 2.16. The smallest absolute Gasteiger partial charge is 0.255 e. The van der Waals surface area contributed by atoms with Gasteiger partial charge in [0.05, 0.1) is 16.6 Å². The minimum atomic E-state index is -2.44. The molecule has 2 nitrogen and oxygen atoms in total. The summed E-state index contributed by atoms with van der Waals surface area (Å²) in [4.78, 5) is 5.37. The lowest BCUT2D eigenvalue weighted by molar-refractivity contribution is 0.155. The van der Waals surface area contributed by atoms with Crippen molar-refractivity contribution in [2.75, 3.05) is 23.3 Å². The van der Waals surface area contributed by atoms with Gasteiger partial charge in [0.1, 0.15) is 5.82 Å². The molecule has 0 aromatic carbocycles. The summed E-state index contributed by atoms with van der Waals surface area (Å²) >= 11 is 14.8. The lowest BCUT2D eigenvalue weighted by Crippen LogP contribution is -2.31. The van der Waals surface area contributed by atoms with Gasteiger partial charge in [0.2, 0.25) is 0 Å². The Kier molecular flexibility index (Phi) is 5.72. The van der Waals surface area contributed by atoms with Gasteiger partial charge in [-0.1, -0.05) is 39.1 Å². The number of anilines is 1. The highest BCUT2D eigenvalue weighted by Gasteiger charge is 2.16. The summed E-state index contributed by atoms with van der Waals surface area (Å²) in [5.41, 5.74) is 0. The molecule has 0 fully saturated rings. The number of pyridine rings is 1. The normalized spacial score (nSPS) is 10.9. The zero-order valence-corrected chi connectivity index (χ0v) is 11.2. The molecule has 0 atom stereocenters. The maximum atomic E-state index is 12.4. The molecule has 90 valence electrons. The summed E-state index contributed by atoms with van der Waals surface area (Å²) in [7, 11) is 0. The number of hydrogen-bond acceptors (Lipinski definition) is 2. The molecule has 0 aliphatic carbocycles. The van der Waals surface area contributed by atoms with E-state index in [9.17, 15) is 8.78 Å². The molecule has 0 N–H and O–H groups in total. The highest BCUT2D eigenvalue weighted by atomic mass is 79.9. The highest BCUT2D eigenvalue weighted by molar-refractivity contribution is 9.09. The van der Waals surface area contributed by atoms with E-state index in [1.54, 1.807) is 0 Å². The fourth-order valence-electron chi connectivity index (χ4n) is 1.19. The summed E-state index contributed by atoms with van der Waals surface area (Å²) in [6.45, 7) is -0.00134. The lowest BCUT2D eigenvalue weighted by atomic mass is 10.4. The number of alkyl halides is 3. The molecule has 1 rings (SSSR count). The van der Waals surface area contributed by atoms with E-state index in [4.69, 9.17) is 23.2 Å². The fourth-order valence-corrected chi connectivity index (χ4v) is 2.12. The monoisotopic (exact) mass is 332 g/mol. The highest BCUT2D eigenvalue weighted by Crippen LogP contribution is 2.26. The third-order valence-electron chi connectivity index (χ3n) is 1.80. The van der Waals surface area contributed by atoms with Gasteiger partial charge in [-0.05, 0) is 6.07 Å². The first-order chi connectivity index (χ1) is 7.54. The van der Waals surface area contributed by atoms with Crippen molar-refractivity contribution in [1.29, 1.82) is 0 Å². The van der Waals surface area contributed by atoms with E-state index < -0.39 is 13.0 Å². The molecule has 16 heavy (non-hydrogen) atoms. The predicted octanol–water partition coefficient (Wildman–Crippen LogP) is 3.85. The van der Waals surface area contributed by atoms with Gasteiger partial charge in [-0.25, -0.2) is 13.8 Å². The van der Waals surface area contributed by atoms with Crippen molar-refractivity contribution in [3.8, 4) is 0 Å². The number of nitrogens with zero attached hydrogens (tertiary/aromatic N) is 2. The predicted molar refractivity (Wildman–Crippen MR) is 66.3 cm³/mol. The van der Waals surface area contributed by atoms with Gasteiger partial charge in [0, 0.05) is 18.1 Å². The van der Waals surface area contributed by atoms with E-state index in [1.807, 2.05) is 0 Å². The number of hydrogen-bond donors (Lipinski definition) is 0. The van der Waals surface area contributed by atoms with Crippen molar-refractivity contribution in [3.05, 3.63) is 22.3 Å². The van der Waals surface area contributed by atoms with Gasteiger partial charge >= 0.3 is 0 Å². The molecule has 1 heterocycles. The van der Waals surface area contributed by atoms with Gasteiger partial charge in [0.15, 0.2) is 0 Å².